The highest BCUT2D eigenvalue weighted by atomic mass is 32.1. The Balaban J connectivity index is 1.79. The molecule has 0 spiro atoms. The predicted molar refractivity (Wildman–Crippen MR) is 113 cm³/mol. The van der Waals surface area contributed by atoms with Gasteiger partial charge in [0.25, 0.3) is 5.69 Å². The molecule has 29 heavy (non-hydrogen) atoms. The monoisotopic (exact) mass is 405 g/mol. The largest absolute Gasteiger partial charge is 0.467 e. The van der Waals surface area contributed by atoms with Crippen LogP contribution in [-0.4, -0.2) is 9.49 Å². The molecule has 2 heterocycles. The van der Waals surface area contributed by atoms with Crippen molar-refractivity contribution in [1.82, 2.24) is 4.57 Å². The van der Waals surface area contributed by atoms with Crippen LogP contribution in [0.1, 0.15) is 18.2 Å². The van der Waals surface area contributed by atoms with Gasteiger partial charge >= 0.3 is 0 Å². The Kier molecular flexibility index (Phi) is 5.39. The number of furan rings is 1. The number of aryl methyl sites for hydroxylation is 1. The average molecular weight is 405 g/mol. The topological polar surface area (TPSA) is 73.6 Å². The van der Waals surface area contributed by atoms with Gasteiger partial charge in [0.05, 0.1) is 29.1 Å². The van der Waals surface area contributed by atoms with E-state index in [0.717, 1.165) is 33.9 Å². The first kappa shape index (κ1) is 18.9. The SMILES string of the molecule is CCc1ccc(N=c2scc(-c3ccc([N+](=O)[O-])cc3)n2Cc2ccco2)cc1. The summed E-state index contributed by atoms with van der Waals surface area (Å²) in [6.45, 7) is 2.65. The smallest absolute Gasteiger partial charge is 0.269 e. The molecular weight excluding hydrogens is 386 g/mol. The van der Waals surface area contributed by atoms with Crippen LogP contribution in [0.2, 0.25) is 0 Å². The van der Waals surface area contributed by atoms with E-state index < -0.39 is 4.92 Å². The molecule has 7 heteroatoms. The lowest BCUT2D eigenvalue weighted by molar-refractivity contribution is -0.384. The molecule has 146 valence electrons. The molecule has 2 aromatic heterocycles. The number of nitro benzene ring substituents is 1. The minimum Gasteiger partial charge on any atom is -0.467 e. The van der Waals surface area contributed by atoms with E-state index in [2.05, 4.69) is 23.6 Å². The van der Waals surface area contributed by atoms with Gasteiger partial charge in [0.1, 0.15) is 5.76 Å². The lowest BCUT2D eigenvalue weighted by Crippen LogP contribution is -2.16. The van der Waals surface area contributed by atoms with E-state index in [9.17, 15) is 10.1 Å². The van der Waals surface area contributed by atoms with Crippen LogP contribution >= 0.6 is 11.3 Å². The lowest BCUT2D eigenvalue weighted by Gasteiger charge is -2.08. The van der Waals surface area contributed by atoms with Crippen molar-refractivity contribution >= 4 is 22.7 Å². The molecular formula is C22H19N3O3S. The molecule has 0 amide bonds. The van der Waals surface area contributed by atoms with Crippen molar-refractivity contribution in [3.8, 4) is 11.3 Å². The van der Waals surface area contributed by atoms with Crippen molar-refractivity contribution in [2.45, 2.75) is 19.9 Å². The summed E-state index contributed by atoms with van der Waals surface area (Å²) in [5.74, 6) is 0.814. The summed E-state index contributed by atoms with van der Waals surface area (Å²) in [7, 11) is 0. The number of aromatic nitrogens is 1. The van der Waals surface area contributed by atoms with Crippen molar-refractivity contribution < 1.29 is 9.34 Å². The van der Waals surface area contributed by atoms with E-state index in [1.54, 1.807) is 18.4 Å². The van der Waals surface area contributed by atoms with E-state index in [4.69, 9.17) is 9.41 Å². The molecule has 0 fully saturated rings. The van der Waals surface area contributed by atoms with Crippen LogP contribution in [0.25, 0.3) is 11.3 Å². The minimum absolute atomic E-state index is 0.0717. The van der Waals surface area contributed by atoms with Gasteiger partial charge in [0, 0.05) is 17.5 Å². The summed E-state index contributed by atoms with van der Waals surface area (Å²) in [4.78, 5) is 16.2. The third-order valence-corrected chi connectivity index (χ3v) is 5.50. The first-order chi connectivity index (χ1) is 14.1. The molecule has 0 saturated carbocycles. The summed E-state index contributed by atoms with van der Waals surface area (Å²) < 4.78 is 7.60. The second kappa shape index (κ2) is 8.28. The Morgan fingerprint density at radius 3 is 2.48 bits per heavy atom. The molecule has 0 radical (unpaired) electrons. The highest BCUT2D eigenvalue weighted by molar-refractivity contribution is 7.07. The van der Waals surface area contributed by atoms with E-state index >= 15 is 0 Å². The van der Waals surface area contributed by atoms with Gasteiger partial charge in [0.2, 0.25) is 0 Å². The standard InChI is InChI=1S/C22H19N3O3S/c1-2-16-5-9-18(10-6-16)23-22-24(14-20-4-3-13-28-20)21(15-29-22)17-7-11-19(12-8-17)25(26)27/h3-13,15H,2,14H2,1H3. The van der Waals surface area contributed by atoms with Crippen molar-refractivity contribution in [2.75, 3.05) is 0 Å². The molecule has 0 unspecified atom stereocenters. The Morgan fingerprint density at radius 2 is 1.86 bits per heavy atom. The maximum Gasteiger partial charge on any atom is 0.269 e. The molecule has 6 nitrogen and oxygen atoms in total. The highest BCUT2D eigenvalue weighted by Gasteiger charge is 2.12. The van der Waals surface area contributed by atoms with E-state index in [1.165, 1.54) is 29.0 Å². The zero-order valence-electron chi connectivity index (χ0n) is 15.8. The summed E-state index contributed by atoms with van der Waals surface area (Å²) in [6.07, 6.45) is 2.64. The van der Waals surface area contributed by atoms with Crippen LogP contribution in [0.3, 0.4) is 0 Å². The second-order valence-corrected chi connectivity index (χ2v) is 7.34. The van der Waals surface area contributed by atoms with Crippen LogP contribution in [-0.2, 0) is 13.0 Å². The molecule has 0 aliphatic carbocycles. The quantitative estimate of drug-likeness (QED) is 0.311. The Morgan fingerprint density at radius 1 is 1.10 bits per heavy atom. The average Bonchev–Trinajstić information content (AvgIpc) is 3.40. The first-order valence-electron chi connectivity index (χ1n) is 9.23. The van der Waals surface area contributed by atoms with E-state index in [-0.39, 0.29) is 5.69 Å². The molecule has 0 saturated heterocycles. The molecule has 0 aliphatic rings. The Bertz CT molecular complexity index is 1170. The van der Waals surface area contributed by atoms with Crippen molar-refractivity contribution in [1.29, 1.82) is 0 Å². The number of hydrogen-bond acceptors (Lipinski definition) is 5. The number of nitrogens with zero attached hydrogens (tertiary/aromatic N) is 3. The minimum atomic E-state index is -0.394. The summed E-state index contributed by atoms with van der Waals surface area (Å²) in [6, 6.07) is 18.5. The third-order valence-electron chi connectivity index (χ3n) is 4.63. The fourth-order valence-corrected chi connectivity index (χ4v) is 3.96. The van der Waals surface area contributed by atoms with Gasteiger partial charge in [-0.2, -0.15) is 0 Å². The van der Waals surface area contributed by atoms with Crippen LogP contribution in [0.15, 0.2) is 81.7 Å². The normalized spacial score (nSPS) is 11.7. The van der Waals surface area contributed by atoms with Gasteiger partial charge in [-0.15, -0.1) is 11.3 Å². The maximum atomic E-state index is 11.0. The molecule has 4 rings (SSSR count). The summed E-state index contributed by atoms with van der Waals surface area (Å²) in [5, 5.41) is 13.0. The molecule has 2 aromatic carbocycles. The number of hydrogen-bond donors (Lipinski definition) is 0. The van der Waals surface area contributed by atoms with Crippen molar-refractivity contribution in [2.24, 2.45) is 4.99 Å². The molecule has 0 atom stereocenters. The summed E-state index contributed by atoms with van der Waals surface area (Å²) in [5.41, 5.74) is 4.05. The fraction of sp³-hybridized carbons (Fsp3) is 0.136. The van der Waals surface area contributed by atoms with E-state index in [1.807, 2.05) is 29.6 Å². The van der Waals surface area contributed by atoms with Crippen LogP contribution in [0, 0.1) is 10.1 Å². The zero-order chi connectivity index (χ0) is 20.2. The van der Waals surface area contributed by atoms with E-state index in [0.29, 0.717) is 6.54 Å². The summed E-state index contributed by atoms with van der Waals surface area (Å²) >= 11 is 1.53. The molecule has 0 aliphatic heterocycles. The van der Waals surface area contributed by atoms with Crippen LogP contribution < -0.4 is 4.80 Å². The zero-order valence-corrected chi connectivity index (χ0v) is 16.6. The fourth-order valence-electron chi connectivity index (χ4n) is 3.03. The predicted octanol–water partition coefficient (Wildman–Crippen LogP) is 5.56. The van der Waals surface area contributed by atoms with Gasteiger partial charge < -0.3 is 8.98 Å². The van der Waals surface area contributed by atoms with Crippen molar-refractivity contribution in [3.05, 3.63) is 98.5 Å². The van der Waals surface area contributed by atoms with Crippen LogP contribution in [0.5, 0.6) is 0 Å². The van der Waals surface area contributed by atoms with Gasteiger partial charge in [0.15, 0.2) is 4.80 Å². The maximum absolute atomic E-state index is 11.0. The van der Waals surface area contributed by atoms with Gasteiger partial charge in [-0.25, -0.2) is 4.99 Å². The lowest BCUT2D eigenvalue weighted by atomic mass is 10.1. The second-order valence-electron chi connectivity index (χ2n) is 6.50. The molecule has 0 N–H and O–H groups in total. The van der Waals surface area contributed by atoms with Gasteiger partial charge in [-0.1, -0.05) is 19.1 Å². The number of non-ortho nitro benzene ring substituents is 1. The first-order valence-corrected chi connectivity index (χ1v) is 10.1. The third kappa shape index (κ3) is 4.20. The number of rotatable bonds is 6. The van der Waals surface area contributed by atoms with Gasteiger partial charge in [-0.3, -0.25) is 10.1 Å². The number of thiazole rings is 1. The van der Waals surface area contributed by atoms with Crippen molar-refractivity contribution in [3.63, 3.8) is 0 Å². The number of benzene rings is 2. The Labute approximate surface area is 171 Å². The number of nitro groups is 1. The molecule has 0 bridgehead atoms. The molecule has 4 aromatic rings. The van der Waals surface area contributed by atoms with Crippen LogP contribution in [0.4, 0.5) is 11.4 Å². The highest BCUT2D eigenvalue weighted by Crippen LogP contribution is 2.24. The Hall–Kier alpha value is -3.45. The van der Waals surface area contributed by atoms with Gasteiger partial charge in [-0.05, 0) is 53.9 Å².